The van der Waals surface area contributed by atoms with Gasteiger partial charge in [0.15, 0.2) is 0 Å². The molecule has 0 spiro atoms. The van der Waals surface area contributed by atoms with Gasteiger partial charge in [-0.25, -0.2) is 4.98 Å². The average molecular weight is 305 g/mol. The summed E-state index contributed by atoms with van der Waals surface area (Å²) in [6.45, 7) is 1.32. The van der Waals surface area contributed by atoms with Gasteiger partial charge in [-0.15, -0.1) is 11.8 Å². The zero-order chi connectivity index (χ0) is 15.1. The fraction of sp³-hybridized carbons (Fsp3) is 0.333. The third kappa shape index (κ3) is 4.91. The monoisotopic (exact) mass is 305 g/mol. The van der Waals surface area contributed by atoms with Gasteiger partial charge < -0.3 is 14.6 Å². The summed E-state index contributed by atoms with van der Waals surface area (Å²) >= 11 is 1.59. The van der Waals surface area contributed by atoms with Crippen LogP contribution in [0, 0.1) is 0 Å². The molecule has 0 saturated carbocycles. The molecule has 0 aliphatic heterocycles. The largest absolute Gasteiger partial charge is 0.467 e. The molecule has 0 aliphatic rings. The summed E-state index contributed by atoms with van der Waals surface area (Å²) in [7, 11) is 4.05. The van der Waals surface area contributed by atoms with Crippen LogP contribution in [0.1, 0.15) is 16.1 Å². The van der Waals surface area contributed by atoms with E-state index in [1.807, 2.05) is 20.2 Å². The fourth-order valence-corrected chi connectivity index (χ4v) is 2.78. The number of pyridine rings is 1. The number of carbonyl (C=O) groups is 1. The molecule has 6 heteroatoms. The summed E-state index contributed by atoms with van der Waals surface area (Å²) < 4.78 is 5.20. The summed E-state index contributed by atoms with van der Waals surface area (Å²) in [6.07, 6.45) is 3.30. The minimum atomic E-state index is -0.133. The molecule has 2 aromatic heterocycles. The van der Waals surface area contributed by atoms with Crippen molar-refractivity contribution in [3.8, 4) is 0 Å². The van der Waals surface area contributed by atoms with Gasteiger partial charge in [0.05, 0.1) is 18.4 Å². The van der Waals surface area contributed by atoms with Gasteiger partial charge in [0.1, 0.15) is 10.8 Å². The van der Waals surface area contributed by atoms with Crippen molar-refractivity contribution in [3.05, 3.63) is 48.0 Å². The summed E-state index contributed by atoms with van der Waals surface area (Å²) in [5, 5.41) is 3.60. The average Bonchev–Trinajstić information content (AvgIpc) is 2.98. The lowest BCUT2D eigenvalue weighted by Gasteiger charge is -2.10. The number of carbonyl (C=O) groups excluding carboxylic acids is 1. The van der Waals surface area contributed by atoms with E-state index in [1.54, 1.807) is 42.4 Å². The van der Waals surface area contributed by atoms with E-state index in [-0.39, 0.29) is 5.91 Å². The van der Waals surface area contributed by atoms with E-state index in [0.29, 0.717) is 12.1 Å². The first kappa shape index (κ1) is 15.6. The molecule has 0 fully saturated rings. The topological polar surface area (TPSA) is 58.4 Å². The van der Waals surface area contributed by atoms with Crippen LogP contribution >= 0.6 is 11.8 Å². The lowest BCUT2D eigenvalue weighted by atomic mass is 10.2. The SMILES string of the molecule is CN(C)CCSc1ncccc1C(=O)NCc1ccco1. The van der Waals surface area contributed by atoms with Crippen molar-refractivity contribution in [2.45, 2.75) is 11.6 Å². The van der Waals surface area contributed by atoms with Crippen LogP contribution in [0.4, 0.5) is 0 Å². The molecule has 21 heavy (non-hydrogen) atoms. The van der Waals surface area contributed by atoms with Crippen LogP contribution in [-0.4, -0.2) is 42.2 Å². The molecule has 2 aromatic rings. The van der Waals surface area contributed by atoms with Gasteiger partial charge in [-0.3, -0.25) is 4.79 Å². The Morgan fingerprint density at radius 3 is 2.95 bits per heavy atom. The first-order chi connectivity index (χ1) is 10.2. The number of nitrogens with one attached hydrogen (secondary N) is 1. The Bertz CT molecular complexity index is 570. The summed E-state index contributed by atoms with van der Waals surface area (Å²) in [6, 6.07) is 7.20. The van der Waals surface area contributed by atoms with Crippen molar-refractivity contribution in [1.29, 1.82) is 0 Å². The van der Waals surface area contributed by atoms with Crippen LogP contribution in [0.3, 0.4) is 0 Å². The standard InChI is InChI=1S/C15H19N3O2S/c1-18(2)8-10-21-15-13(6-3-7-16-15)14(19)17-11-12-5-4-9-20-12/h3-7,9H,8,10-11H2,1-2H3,(H,17,19). The van der Waals surface area contributed by atoms with E-state index in [2.05, 4.69) is 15.2 Å². The highest BCUT2D eigenvalue weighted by Gasteiger charge is 2.12. The Morgan fingerprint density at radius 1 is 1.38 bits per heavy atom. The van der Waals surface area contributed by atoms with E-state index in [1.165, 1.54) is 0 Å². The minimum Gasteiger partial charge on any atom is -0.467 e. The molecular weight excluding hydrogens is 286 g/mol. The van der Waals surface area contributed by atoms with E-state index in [4.69, 9.17) is 4.42 Å². The highest BCUT2D eigenvalue weighted by molar-refractivity contribution is 7.99. The molecular formula is C15H19N3O2S. The molecule has 1 amide bonds. The molecule has 0 unspecified atom stereocenters. The lowest BCUT2D eigenvalue weighted by molar-refractivity contribution is 0.0944. The molecule has 0 aliphatic carbocycles. The Kier molecular flexibility index (Phi) is 5.83. The van der Waals surface area contributed by atoms with Crippen LogP contribution in [-0.2, 0) is 6.54 Å². The second-order valence-corrected chi connectivity index (χ2v) is 5.85. The first-order valence-electron chi connectivity index (χ1n) is 6.70. The quantitative estimate of drug-likeness (QED) is 0.795. The highest BCUT2D eigenvalue weighted by Crippen LogP contribution is 2.19. The Labute approximate surface area is 128 Å². The molecule has 0 aromatic carbocycles. The second kappa shape index (κ2) is 7.85. The predicted octanol–water partition coefficient (Wildman–Crippen LogP) is 2.26. The second-order valence-electron chi connectivity index (χ2n) is 4.77. The maximum Gasteiger partial charge on any atom is 0.254 e. The molecule has 0 bridgehead atoms. The van der Waals surface area contributed by atoms with E-state index < -0.39 is 0 Å². The Balaban J connectivity index is 1.96. The normalized spacial score (nSPS) is 10.8. The van der Waals surface area contributed by atoms with E-state index >= 15 is 0 Å². The third-order valence-corrected chi connectivity index (χ3v) is 3.78. The summed E-state index contributed by atoms with van der Waals surface area (Å²) in [5.41, 5.74) is 0.604. The van der Waals surface area contributed by atoms with E-state index in [9.17, 15) is 4.79 Å². The number of rotatable bonds is 7. The zero-order valence-electron chi connectivity index (χ0n) is 12.2. The van der Waals surface area contributed by atoms with Gasteiger partial charge in [0.2, 0.25) is 0 Å². The number of aromatic nitrogens is 1. The van der Waals surface area contributed by atoms with Crippen molar-refractivity contribution in [3.63, 3.8) is 0 Å². The molecule has 112 valence electrons. The number of furan rings is 1. The van der Waals surface area contributed by atoms with Gasteiger partial charge in [0, 0.05) is 18.5 Å². The van der Waals surface area contributed by atoms with Crippen molar-refractivity contribution >= 4 is 17.7 Å². The smallest absolute Gasteiger partial charge is 0.254 e. The molecule has 1 N–H and O–H groups in total. The zero-order valence-corrected chi connectivity index (χ0v) is 13.0. The van der Waals surface area contributed by atoms with Gasteiger partial charge in [-0.2, -0.15) is 0 Å². The first-order valence-corrected chi connectivity index (χ1v) is 7.68. The van der Waals surface area contributed by atoms with Gasteiger partial charge in [0.25, 0.3) is 5.91 Å². The Morgan fingerprint density at radius 2 is 2.24 bits per heavy atom. The number of hydrogen-bond acceptors (Lipinski definition) is 5. The van der Waals surface area contributed by atoms with Crippen LogP contribution in [0.15, 0.2) is 46.2 Å². The number of amides is 1. The molecule has 2 heterocycles. The van der Waals surface area contributed by atoms with Crippen LogP contribution in [0.2, 0.25) is 0 Å². The van der Waals surface area contributed by atoms with Crippen LogP contribution in [0.5, 0.6) is 0 Å². The summed E-state index contributed by atoms with van der Waals surface area (Å²) in [5.74, 6) is 1.49. The van der Waals surface area contributed by atoms with Gasteiger partial charge in [-0.05, 0) is 38.4 Å². The molecule has 0 radical (unpaired) electrons. The van der Waals surface area contributed by atoms with E-state index in [0.717, 1.165) is 23.1 Å². The van der Waals surface area contributed by atoms with Crippen molar-refractivity contribution in [2.24, 2.45) is 0 Å². The Hall–Kier alpha value is -1.79. The fourth-order valence-electron chi connectivity index (χ4n) is 1.68. The van der Waals surface area contributed by atoms with Gasteiger partial charge in [-0.1, -0.05) is 0 Å². The maximum atomic E-state index is 12.2. The molecule has 0 atom stereocenters. The maximum absolute atomic E-state index is 12.2. The molecule has 5 nitrogen and oxygen atoms in total. The highest BCUT2D eigenvalue weighted by atomic mass is 32.2. The van der Waals surface area contributed by atoms with Gasteiger partial charge >= 0.3 is 0 Å². The lowest BCUT2D eigenvalue weighted by Crippen LogP contribution is -2.23. The predicted molar refractivity (Wildman–Crippen MR) is 83.4 cm³/mol. The molecule has 0 saturated heterocycles. The number of thioether (sulfide) groups is 1. The number of nitrogens with zero attached hydrogens (tertiary/aromatic N) is 2. The van der Waals surface area contributed by atoms with Crippen molar-refractivity contribution < 1.29 is 9.21 Å². The minimum absolute atomic E-state index is 0.133. The molecule has 2 rings (SSSR count). The third-order valence-electron chi connectivity index (χ3n) is 2.80. The number of hydrogen-bond donors (Lipinski definition) is 1. The van der Waals surface area contributed by atoms with Crippen LogP contribution in [0.25, 0.3) is 0 Å². The van der Waals surface area contributed by atoms with Crippen LogP contribution < -0.4 is 5.32 Å². The van der Waals surface area contributed by atoms with Crippen molar-refractivity contribution in [1.82, 2.24) is 15.2 Å². The van der Waals surface area contributed by atoms with Crippen molar-refractivity contribution in [2.75, 3.05) is 26.4 Å². The summed E-state index contributed by atoms with van der Waals surface area (Å²) in [4.78, 5) is 18.6.